The van der Waals surface area contributed by atoms with E-state index in [2.05, 4.69) is 20.1 Å². The van der Waals surface area contributed by atoms with Crippen LogP contribution in [-0.4, -0.2) is 40.6 Å². The molecule has 0 aliphatic heterocycles. The molecule has 1 N–H and O–H groups in total. The Morgan fingerprint density at radius 1 is 1.06 bits per heavy atom. The summed E-state index contributed by atoms with van der Waals surface area (Å²) in [5, 5.41) is 11.9. The number of carbonyl (C=O) groups is 1. The quantitative estimate of drug-likeness (QED) is 0.423. The fraction of sp³-hybridized carbons (Fsp3) is 0.375. The topological polar surface area (TPSA) is 78.3 Å². The number of halogens is 2. The molecule has 2 aromatic carbocycles. The van der Waals surface area contributed by atoms with E-state index < -0.39 is 17.5 Å². The van der Waals surface area contributed by atoms with E-state index in [1.54, 1.807) is 14.2 Å². The molecule has 1 amide bonds. The first kappa shape index (κ1) is 24.0. The Hall–Kier alpha value is -3.14. The maximum atomic E-state index is 13.9. The summed E-state index contributed by atoms with van der Waals surface area (Å²) in [6, 6.07) is 8.84. The average Bonchev–Trinajstić information content (AvgIpc) is 3.28. The van der Waals surface area contributed by atoms with Gasteiger partial charge >= 0.3 is 0 Å². The highest BCUT2D eigenvalue weighted by atomic mass is 32.2. The molecule has 0 saturated heterocycles. The molecule has 1 aromatic heterocycles. The van der Waals surface area contributed by atoms with Crippen LogP contribution in [0.1, 0.15) is 38.1 Å². The second kappa shape index (κ2) is 10.9. The van der Waals surface area contributed by atoms with Crippen molar-refractivity contribution in [2.75, 3.05) is 25.3 Å². The van der Waals surface area contributed by atoms with Crippen LogP contribution in [0.15, 0.2) is 41.6 Å². The van der Waals surface area contributed by atoms with Gasteiger partial charge in [-0.15, -0.1) is 10.2 Å². The van der Waals surface area contributed by atoms with Crippen LogP contribution in [0.5, 0.6) is 11.5 Å². The van der Waals surface area contributed by atoms with Crippen molar-refractivity contribution < 1.29 is 23.0 Å². The van der Waals surface area contributed by atoms with Crippen LogP contribution in [0.4, 0.5) is 14.5 Å². The second-order valence-electron chi connectivity index (χ2n) is 8.00. The van der Waals surface area contributed by atoms with Gasteiger partial charge in [0, 0.05) is 17.7 Å². The number of benzene rings is 2. The molecular weight excluding hydrogens is 462 g/mol. The van der Waals surface area contributed by atoms with E-state index in [4.69, 9.17) is 9.47 Å². The zero-order valence-electron chi connectivity index (χ0n) is 19.0. The van der Waals surface area contributed by atoms with Gasteiger partial charge in [-0.3, -0.25) is 9.36 Å². The largest absolute Gasteiger partial charge is 0.493 e. The van der Waals surface area contributed by atoms with E-state index in [-0.39, 0.29) is 17.5 Å². The number of carbonyl (C=O) groups excluding carboxylic acids is 1. The number of hydrogen-bond donors (Lipinski definition) is 1. The van der Waals surface area contributed by atoms with Crippen molar-refractivity contribution >= 4 is 23.4 Å². The van der Waals surface area contributed by atoms with Gasteiger partial charge < -0.3 is 14.8 Å². The summed E-state index contributed by atoms with van der Waals surface area (Å²) in [6.07, 6.45) is 5.42. The zero-order chi connectivity index (χ0) is 24.1. The third-order valence-corrected chi connectivity index (χ3v) is 6.73. The zero-order valence-corrected chi connectivity index (χ0v) is 19.8. The second-order valence-corrected chi connectivity index (χ2v) is 8.94. The Bertz CT molecular complexity index is 1170. The minimum atomic E-state index is -0.820. The van der Waals surface area contributed by atoms with Gasteiger partial charge in [-0.2, -0.15) is 0 Å². The van der Waals surface area contributed by atoms with Crippen molar-refractivity contribution in [3.05, 3.63) is 48.0 Å². The molecule has 4 rings (SSSR count). The van der Waals surface area contributed by atoms with Crippen molar-refractivity contribution in [1.82, 2.24) is 14.8 Å². The Labute approximate surface area is 200 Å². The lowest BCUT2D eigenvalue weighted by molar-refractivity contribution is -0.113. The van der Waals surface area contributed by atoms with E-state index in [1.165, 1.54) is 24.2 Å². The minimum Gasteiger partial charge on any atom is -0.493 e. The van der Waals surface area contributed by atoms with Crippen LogP contribution in [0, 0.1) is 11.6 Å². The summed E-state index contributed by atoms with van der Waals surface area (Å²) in [7, 11) is 3.16. The fourth-order valence-electron chi connectivity index (χ4n) is 4.12. The van der Waals surface area contributed by atoms with Gasteiger partial charge in [-0.1, -0.05) is 31.0 Å². The first-order chi connectivity index (χ1) is 16.5. The molecule has 180 valence electrons. The van der Waals surface area contributed by atoms with Crippen molar-refractivity contribution in [2.24, 2.45) is 0 Å². The predicted octanol–water partition coefficient (Wildman–Crippen LogP) is 5.48. The number of rotatable bonds is 8. The molecule has 3 aromatic rings. The lowest BCUT2D eigenvalue weighted by atomic mass is 9.95. The van der Waals surface area contributed by atoms with Crippen LogP contribution < -0.4 is 14.8 Å². The van der Waals surface area contributed by atoms with Gasteiger partial charge in [0.2, 0.25) is 5.91 Å². The van der Waals surface area contributed by atoms with Crippen molar-refractivity contribution in [3.8, 4) is 22.9 Å². The first-order valence-electron chi connectivity index (χ1n) is 11.0. The molecule has 1 aliphatic carbocycles. The number of amides is 1. The highest BCUT2D eigenvalue weighted by Crippen LogP contribution is 2.38. The number of nitrogens with zero attached hydrogens (tertiary/aromatic N) is 3. The first-order valence-corrected chi connectivity index (χ1v) is 12.0. The van der Waals surface area contributed by atoms with Crippen LogP contribution >= 0.6 is 11.8 Å². The smallest absolute Gasteiger partial charge is 0.234 e. The predicted molar refractivity (Wildman–Crippen MR) is 126 cm³/mol. The van der Waals surface area contributed by atoms with E-state index in [9.17, 15) is 13.6 Å². The number of methoxy groups -OCH3 is 2. The van der Waals surface area contributed by atoms with Gasteiger partial charge in [0.05, 0.1) is 25.7 Å². The van der Waals surface area contributed by atoms with Crippen LogP contribution in [0.3, 0.4) is 0 Å². The maximum absolute atomic E-state index is 13.9. The Balaban J connectivity index is 1.57. The highest BCUT2D eigenvalue weighted by Gasteiger charge is 2.25. The van der Waals surface area contributed by atoms with Crippen molar-refractivity contribution in [3.63, 3.8) is 0 Å². The lowest BCUT2D eigenvalue weighted by Gasteiger charge is -2.25. The van der Waals surface area contributed by atoms with E-state index >= 15 is 0 Å². The molecule has 1 aliphatic rings. The molecule has 0 radical (unpaired) electrons. The number of nitrogens with one attached hydrogen (secondary N) is 1. The molecule has 0 spiro atoms. The van der Waals surface area contributed by atoms with Crippen molar-refractivity contribution in [1.29, 1.82) is 0 Å². The van der Waals surface area contributed by atoms with Crippen LogP contribution in [0.2, 0.25) is 0 Å². The van der Waals surface area contributed by atoms with Crippen molar-refractivity contribution in [2.45, 2.75) is 43.3 Å². The summed E-state index contributed by atoms with van der Waals surface area (Å²) in [5.41, 5.74) is 0.771. The van der Waals surface area contributed by atoms with Gasteiger partial charge in [0.15, 0.2) is 22.5 Å². The van der Waals surface area contributed by atoms with E-state index in [0.29, 0.717) is 22.5 Å². The number of thioether (sulfide) groups is 1. The highest BCUT2D eigenvalue weighted by molar-refractivity contribution is 7.99. The number of anilines is 1. The Kier molecular flexibility index (Phi) is 7.66. The van der Waals surface area contributed by atoms with Gasteiger partial charge in [-0.25, -0.2) is 8.78 Å². The molecule has 1 heterocycles. The van der Waals surface area contributed by atoms with E-state index in [1.807, 2.05) is 18.2 Å². The van der Waals surface area contributed by atoms with Gasteiger partial charge in [0.25, 0.3) is 0 Å². The summed E-state index contributed by atoms with van der Waals surface area (Å²) in [4.78, 5) is 12.5. The maximum Gasteiger partial charge on any atom is 0.234 e. The molecule has 7 nitrogen and oxygen atoms in total. The molecule has 10 heteroatoms. The molecule has 0 atom stereocenters. The monoisotopic (exact) mass is 488 g/mol. The molecule has 1 fully saturated rings. The summed E-state index contributed by atoms with van der Waals surface area (Å²) >= 11 is 1.24. The normalized spacial score (nSPS) is 14.1. The Morgan fingerprint density at radius 2 is 1.82 bits per heavy atom. The molecular formula is C24H26F2N4O3S. The van der Waals surface area contributed by atoms with Crippen LogP contribution in [0.25, 0.3) is 11.4 Å². The number of hydrogen-bond acceptors (Lipinski definition) is 6. The molecule has 0 bridgehead atoms. The Morgan fingerprint density at radius 3 is 2.53 bits per heavy atom. The summed E-state index contributed by atoms with van der Waals surface area (Å²) < 4.78 is 39.9. The number of ether oxygens (including phenoxy) is 2. The van der Waals surface area contributed by atoms with Crippen LogP contribution in [-0.2, 0) is 4.79 Å². The third-order valence-electron chi connectivity index (χ3n) is 5.78. The number of aromatic nitrogens is 3. The van der Waals surface area contributed by atoms with E-state index in [0.717, 1.165) is 43.4 Å². The van der Waals surface area contributed by atoms with Gasteiger partial charge in [-0.05, 0) is 43.2 Å². The summed E-state index contributed by atoms with van der Waals surface area (Å²) in [6.45, 7) is 0. The molecule has 34 heavy (non-hydrogen) atoms. The lowest BCUT2D eigenvalue weighted by Crippen LogP contribution is -2.18. The molecule has 1 saturated carbocycles. The fourth-order valence-corrected chi connectivity index (χ4v) is 4.93. The summed E-state index contributed by atoms with van der Waals surface area (Å²) in [5.74, 6) is -0.0233. The molecule has 0 unspecified atom stereocenters. The standard InChI is InChI=1S/C24H26F2N4O3S/c1-32-20-11-8-15(12-21(20)33-2)23-28-29-24(30(23)17-6-4-3-5-7-17)34-14-22(31)27-19-10-9-16(25)13-18(19)26/h8-13,17H,3-7,14H2,1-2H3,(H,27,31). The average molecular weight is 489 g/mol. The SMILES string of the molecule is COc1ccc(-c2nnc(SCC(=O)Nc3ccc(F)cc3F)n2C2CCCCC2)cc1OC. The van der Waals surface area contributed by atoms with Gasteiger partial charge in [0.1, 0.15) is 11.6 Å². The third kappa shape index (κ3) is 5.32. The minimum absolute atomic E-state index is 0.00754.